The van der Waals surface area contributed by atoms with Crippen LogP contribution >= 0.6 is 11.8 Å². The Labute approximate surface area is 168 Å². The van der Waals surface area contributed by atoms with E-state index in [2.05, 4.69) is 22.4 Å². The van der Waals surface area contributed by atoms with Crippen molar-refractivity contribution in [2.75, 3.05) is 11.1 Å². The van der Waals surface area contributed by atoms with Crippen LogP contribution in [0.4, 0.5) is 5.69 Å². The number of aryl methyl sites for hydroxylation is 1. The molecule has 0 saturated heterocycles. The lowest BCUT2D eigenvalue weighted by atomic mass is 10.1. The number of benzene rings is 2. The van der Waals surface area contributed by atoms with Crippen molar-refractivity contribution < 1.29 is 9.59 Å². The summed E-state index contributed by atoms with van der Waals surface area (Å²) in [7, 11) is 0. The molecule has 0 atom stereocenters. The molecule has 0 bridgehead atoms. The van der Waals surface area contributed by atoms with Gasteiger partial charge in [0.25, 0.3) is 0 Å². The summed E-state index contributed by atoms with van der Waals surface area (Å²) in [4.78, 5) is 23.8. The number of nitrogens with zero attached hydrogens (tertiary/aromatic N) is 3. The summed E-state index contributed by atoms with van der Waals surface area (Å²) in [5, 5.41) is 11.5. The Bertz CT molecular complexity index is 967. The highest BCUT2D eigenvalue weighted by Crippen LogP contribution is 2.22. The van der Waals surface area contributed by atoms with Gasteiger partial charge in [0.05, 0.1) is 11.4 Å². The summed E-state index contributed by atoms with van der Waals surface area (Å²) < 4.78 is 1.80. The molecule has 0 radical (unpaired) electrons. The molecule has 3 rings (SSSR count). The second-order valence-electron chi connectivity index (χ2n) is 6.37. The van der Waals surface area contributed by atoms with E-state index in [9.17, 15) is 9.59 Å². The third-order valence-electron chi connectivity index (χ3n) is 4.11. The largest absolute Gasteiger partial charge is 0.326 e. The number of carbonyl (C=O) groups is 2. The zero-order valence-electron chi connectivity index (χ0n) is 15.9. The van der Waals surface area contributed by atoms with Crippen LogP contribution in [0.5, 0.6) is 0 Å². The van der Waals surface area contributed by atoms with E-state index in [0.717, 1.165) is 18.5 Å². The van der Waals surface area contributed by atoms with Gasteiger partial charge in [-0.1, -0.05) is 55.4 Å². The van der Waals surface area contributed by atoms with Gasteiger partial charge >= 0.3 is 0 Å². The molecule has 1 amide bonds. The molecule has 1 N–H and O–H groups in total. The lowest BCUT2D eigenvalue weighted by Gasteiger charge is -2.09. The first kappa shape index (κ1) is 19.8. The quantitative estimate of drug-likeness (QED) is 0.459. The number of thioether (sulfide) groups is 1. The van der Waals surface area contributed by atoms with Gasteiger partial charge in [0.2, 0.25) is 5.91 Å². The Morgan fingerprint density at radius 2 is 1.93 bits per heavy atom. The number of hydrogen-bond acceptors (Lipinski definition) is 5. The maximum Gasteiger partial charge on any atom is 0.221 e. The van der Waals surface area contributed by atoms with E-state index >= 15 is 0 Å². The molecular weight excluding hydrogens is 372 g/mol. The molecule has 1 heterocycles. The number of rotatable bonds is 8. The Morgan fingerprint density at radius 1 is 1.14 bits per heavy atom. The van der Waals surface area contributed by atoms with E-state index in [1.165, 1.54) is 24.2 Å². The molecule has 0 aliphatic carbocycles. The summed E-state index contributed by atoms with van der Waals surface area (Å²) in [6.07, 6.45) is 3.70. The maximum absolute atomic E-state index is 12.5. The van der Waals surface area contributed by atoms with Crippen molar-refractivity contribution in [2.24, 2.45) is 0 Å². The number of Topliss-reactive ketones (excluding diaryl/α,β-unsaturated/α-hetero) is 1. The van der Waals surface area contributed by atoms with Gasteiger partial charge in [-0.05, 0) is 30.2 Å². The molecule has 0 spiro atoms. The summed E-state index contributed by atoms with van der Waals surface area (Å²) in [6.45, 7) is 3.60. The normalized spacial score (nSPS) is 10.6. The Hall–Kier alpha value is -2.93. The van der Waals surface area contributed by atoms with Crippen LogP contribution in [0.15, 0.2) is 60.0 Å². The third kappa shape index (κ3) is 5.07. The number of hydrogen-bond donors (Lipinski definition) is 1. The summed E-state index contributed by atoms with van der Waals surface area (Å²) in [5.74, 6) is 0.192. The monoisotopic (exact) mass is 394 g/mol. The fourth-order valence-electron chi connectivity index (χ4n) is 2.80. The highest BCUT2D eigenvalue weighted by Gasteiger charge is 2.12. The van der Waals surface area contributed by atoms with Gasteiger partial charge in [-0.2, -0.15) is 0 Å². The van der Waals surface area contributed by atoms with Crippen molar-refractivity contribution in [3.63, 3.8) is 0 Å². The fourth-order valence-corrected chi connectivity index (χ4v) is 3.62. The number of amides is 1. The molecule has 0 aliphatic rings. The lowest BCUT2D eigenvalue weighted by Crippen LogP contribution is -2.07. The zero-order chi connectivity index (χ0) is 19.9. The zero-order valence-corrected chi connectivity index (χ0v) is 16.7. The fraction of sp³-hybridized carbons (Fsp3) is 0.238. The number of anilines is 1. The van der Waals surface area contributed by atoms with Crippen LogP contribution in [-0.2, 0) is 11.2 Å². The molecule has 0 aliphatic heterocycles. The van der Waals surface area contributed by atoms with Crippen LogP contribution in [0.2, 0.25) is 0 Å². The van der Waals surface area contributed by atoms with E-state index in [4.69, 9.17) is 0 Å². The Kier molecular flexibility index (Phi) is 6.60. The second kappa shape index (κ2) is 9.32. The van der Waals surface area contributed by atoms with Gasteiger partial charge in [0.15, 0.2) is 10.9 Å². The Morgan fingerprint density at radius 3 is 2.64 bits per heavy atom. The average molecular weight is 395 g/mol. The first-order valence-corrected chi connectivity index (χ1v) is 10.1. The minimum absolute atomic E-state index is 0.0506. The summed E-state index contributed by atoms with van der Waals surface area (Å²) in [6, 6.07) is 15.2. The van der Waals surface area contributed by atoms with Crippen molar-refractivity contribution in [2.45, 2.75) is 31.8 Å². The number of carbonyl (C=O) groups excluding carboxylic acids is 2. The summed E-state index contributed by atoms with van der Waals surface area (Å²) >= 11 is 1.34. The van der Waals surface area contributed by atoms with Gasteiger partial charge < -0.3 is 5.32 Å². The molecule has 6 nitrogen and oxygen atoms in total. The maximum atomic E-state index is 12.5. The number of aromatic nitrogens is 3. The molecule has 7 heteroatoms. The van der Waals surface area contributed by atoms with Crippen LogP contribution in [-0.4, -0.2) is 32.2 Å². The van der Waals surface area contributed by atoms with Crippen LogP contribution in [0.1, 0.15) is 36.2 Å². The molecular formula is C21H22N4O2S. The van der Waals surface area contributed by atoms with Crippen LogP contribution in [0, 0.1) is 0 Å². The first-order valence-electron chi connectivity index (χ1n) is 9.10. The molecule has 0 unspecified atom stereocenters. The van der Waals surface area contributed by atoms with Gasteiger partial charge in [0.1, 0.15) is 6.33 Å². The van der Waals surface area contributed by atoms with Gasteiger partial charge in [-0.3, -0.25) is 14.2 Å². The van der Waals surface area contributed by atoms with E-state index in [1.807, 2.05) is 48.5 Å². The van der Waals surface area contributed by atoms with Crippen molar-refractivity contribution >= 4 is 29.1 Å². The molecule has 28 heavy (non-hydrogen) atoms. The third-order valence-corrected chi connectivity index (χ3v) is 5.05. The molecule has 2 aromatic carbocycles. The summed E-state index contributed by atoms with van der Waals surface area (Å²) in [5.41, 5.74) is 3.45. The highest BCUT2D eigenvalue weighted by molar-refractivity contribution is 7.99. The first-order chi connectivity index (χ1) is 13.6. The van der Waals surface area contributed by atoms with E-state index < -0.39 is 0 Å². The second-order valence-corrected chi connectivity index (χ2v) is 7.32. The van der Waals surface area contributed by atoms with E-state index in [0.29, 0.717) is 16.4 Å². The highest BCUT2D eigenvalue weighted by atomic mass is 32.2. The standard InChI is InChI=1S/C21H22N4O2S/c1-3-5-16-8-10-17(11-9-16)20(27)13-28-21-24-22-14-25(21)19-7-4-6-18(12-19)23-15(2)26/h4,6-12,14H,3,5,13H2,1-2H3,(H,23,26). The molecule has 0 fully saturated rings. The Balaban J connectivity index is 1.69. The number of ketones is 1. The SMILES string of the molecule is CCCc1ccc(C(=O)CSc2nncn2-c2cccc(NC(C)=O)c2)cc1. The minimum Gasteiger partial charge on any atom is -0.326 e. The molecule has 144 valence electrons. The van der Waals surface area contributed by atoms with E-state index in [1.54, 1.807) is 10.9 Å². The molecule has 3 aromatic rings. The van der Waals surface area contributed by atoms with Gasteiger partial charge in [-0.15, -0.1) is 10.2 Å². The predicted molar refractivity (Wildman–Crippen MR) is 111 cm³/mol. The van der Waals surface area contributed by atoms with Crippen LogP contribution in [0.25, 0.3) is 5.69 Å². The van der Waals surface area contributed by atoms with Crippen LogP contribution in [0.3, 0.4) is 0 Å². The molecule has 1 aromatic heterocycles. The van der Waals surface area contributed by atoms with Gasteiger partial charge in [-0.25, -0.2) is 0 Å². The number of nitrogens with one attached hydrogen (secondary N) is 1. The topological polar surface area (TPSA) is 76.9 Å². The van der Waals surface area contributed by atoms with Crippen molar-refractivity contribution in [3.8, 4) is 5.69 Å². The lowest BCUT2D eigenvalue weighted by molar-refractivity contribution is -0.114. The van der Waals surface area contributed by atoms with Crippen molar-refractivity contribution in [3.05, 3.63) is 66.0 Å². The predicted octanol–water partition coefficient (Wildman–Crippen LogP) is 4.15. The van der Waals surface area contributed by atoms with Crippen molar-refractivity contribution in [1.82, 2.24) is 14.8 Å². The average Bonchev–Trinajstić information content (AvgIpc) is 3.15. The molecule has 0 saturated carbocycles. The smallest absolute Gasteiger partial charge is 0.221 e. The minimum atomic E-state index is -0.133. The van der Waals surface area contributed by atoms with Crippen molar-refractivity contribution in [1.29, 1.82) is 0 Å². The van der Waals surface area contributed by atoms with Gasteiger partial charge in [0, 0.05) is 18.2 Å². The van der Waals surface area contributed by atoms with E-state index in [-0.39, 0.29) is 17.4 Å². The van der Waals surface area contributed by atoms with Crippen LogP contribution < -0.4 is 5.32 Å².